The first-order chi connectivity index (χ1) is 5.52. The van der Waals surface area contributed by atoms with Crippen LogP contribution in [-0.2, 0) is 0 Å². The number of nitrogens with zero attached hydrogens (tertiary/aromatic N) is 2. The van der Waals surface area contributed by atoms with Crippen molar-refractivity contribution in [2.75, 3.05) is 0 Å². The first-order valence-corrected chi connectivity index (χ1v) is 2.44. The first-order valence-electron chi connectivity index (χ1n) is 3.44. The largest absolute Gasteiger partial charge is 0.352 e. The average Bonchev–Trinajstić information content (AvgIpc) is 1.82. The molecule has 0 saturated heterocycles. The molecular weight excluding hydrogens is 136 g/mol. The van der Waals surface area contributed by atoms with Crippen LogP contribution in [0.15, 0.2) is 16.9 Å². The highest BCUT2D eigenvalue weighted by Crippen LogP contribution is 1.94. The van der Waals surface area contributed by atoms with Crippen LogP contribution < -0.4 is 11.1 Å². The molecule has 0 aromatic heterocycles. The van der Waals surface area contributed by atoms with E-state index in [0.717, 1.165) is 0 Å². The molecule has 0 bridgehead atoms. The Morgan fingerprint density at radius 3 is 3.30 bits per heavy atom. The van der Waals surface area contributed by atoms with Gasteiger partial charge < -0.3 is 5.32 Å². The predicted octanol–water partition coefficient (Wildman–Crippen LogP) is -0.979. The third-order valence-electron chi connectivity index (χ3n) is 0.831. The highest BCUT2D eigenvalue weighted by atomic mass is 16.6. The lowest BCUT2D eigenvalue weighted by Crippen LogP contribution is -2.35. The van der Waals surface area contributed by atoms with Crippen molar-refractivity contribution in [3.05, 3.63) is 22.0 Å². The minimum atomic E-state index is -0.936. The highest BCUT2D eigenvalue weighted by molar-refractivity contribution is 5.76. The van der Waals surface area contributed by atoms with Crippen LogP contribution in [0, 0.1) is 10.1 Å². The van der Waals surface area contributed by atoms with E-state index in [-0.39, 0.29) is 0 Å². The van der Waals surface area contributed by atoms with Crippen LogP contribution >= 0.6 is 0 Å². The number of nitro groups is 1. The molecule has 1 aliphatic heterocycles. The maximum atomic E-state index is 10.2. The molecule has 10 heavy (non-hydrogen) atoms. The number of hydrogen-bond acceptors (Lipinski definition) is 5. The normalized spacial score (nSPS) is 28.1. The van der Waals surface area contributed by atoms with Crippen LogP contribution in [0.5, 0.6) is 0 Å². The summed E-state index contributed by atoms with van der Waals surface area (Å²) in [5, 5.41) is 12.4. The molecule has 0 radical (unpaired) electrons. The maximum absolute atomic E-state index is 10.2. The Labute approximate surface area is 59.4 Å². The lowest BCUT2D eigenvalue weighted by Gasteiger charge is -2.08. The summed E-state index contributed by atoms with van der Waals surface area (Å²) >= 11 is 0. The van der Waals surface area contributed by atoms with Gasteiger partial charge in [0.15, 0.2) is 6.29 Å². The zero-order valence-corrected chi connectivity index (χ0v) is 4.87. The van der Waals surface area contributed by atoms with Gasteiger partial charge in [-0.2, -0.15) is 0 Å². The molecule has 1 atom stereocenters. The fourth-order valence-electron chi connectivity index (χ4n) is 0.420. The van der Waals surface area contributed by atoms with Gasteiger partial charge in [0.1, 0.15) is 6.19 Å². The lowest BCUT2D eigenvalue weighted by atomic mass is 10.5. The Bertz CT molecular complexity index is 287. The standard InChI is InChI=1S/C4H6N4O2/c5-4-6-1-3(2-7-4)8(9)10/h1-2,4,6H,5H2/i1D,2D. The van der Waals surface area contributed by atoms with E-state index >= 15 is 0 Å². The number of hydrogen-bond donors (Lipinski definition) is 2. The summed E-state index contributed by atoms with van der Waals surface area (Å²) in [4.78, 5) is 12.8. The van der Waals surface area contributed by atoms with Crippen LogP contribution in [0.2, 0.25) is 0 Å². The van der Waals surface area contributed by atoms with Crippen molar-refractivity contribution in [2.24, 2.45) is 10.7 Å². The Kier molecular flexibility index (Phi) is 1.07. The van der Waals surface area contributed by atoms with Gasteiger partial charge in [0.2, 0.25) is 0 Å². The number of nitrogens with two attached hydrogens (primary N) is 1. The topological polar surface area (TPSA) is 93.5 Å². The van der Waals surface area contributed by atoms with Gasteiger partial charge in [-0.3, -0.25) is 15.8 Å². The highest BCUT2D eigenvalue weighted by Gasteiger charge is 2.11. The van der Waals surface area contributed by atoms with Crippen molar-refractivity contribution in [1.29, 1.82) is 0 Å². The minimum absolute atomic E-state index is 0.479. The SMILES string of the molecule is [2H]C1=NC(N)NC([2H])=C1[N+](=O)[O-]. The Hall–Kier alpha value is -1.43. The zero-order valence-electron chi connectivity index (χ0n) is 6.87. The van der Waals surface area contributed by atoms with E-state index < -0.39 is 29.3 Å². The Morgan fingerprint density at radius 1 is 2.10 bits per heavy atom. The van der Waals surface area contributed by atoms with Gasteiger partial charge in [-0.25, -0.2) is 4.99 Å². The average molecular weight is 144 g/mol. The summed E-state index contributed by atoms with van der Waals surface area (Å²) in [6.07, 6.45) is -1.99. The minimum Gasteiger partial charge on any atom is -0.352 e. The van der Waals surface area contributed by atoms with Crippen molar-refractivity contribution >= 4 is 6.19 Å². The van der Waals surface area contributed by atoms with E-state index in [1.165, 1.54) is 0 Å². The molecule has 1 heterocycles. The molecule has 6 heteroatoms. The van der Waals surface area contributed by atoms with Crippen molar-refractivity contribution in [3.63, 3.8) is 0 Å². The molecule has 0 spiro atoms. The maximum Gasteiger partial charge on any atom is 0.302 e. The zero-order chi connectivity index (χ0) is 9.30. The Morgan fingerprint density at radius 2 is 2.80 bits per heavy atom. The summed E-state index contributed by atoms with van der Waals surface area (Å²) in [6, 6.07) is 0. The van der Waals surface area contributed by atoms with Gasteiger partial charge in [-0.1, -0.05) is 0 Å². The molecule has 0 fully saturated rings. The van der Waals surface area contributed by atoms with Crippen molar-refractivity contribution in [1.82, 2.24) is 5.32 Å². The second-order valence-corrected chi connectivity index (χ2v) is 1.56. The van der Waals surface area contributed by atoms with E-state index in [0.29, 0.717) is 0 Å². The predicted molar refractivity (Wildman–Crippen MR) is 34.7 cm³/mol. The quantitative estimate of drug-likeness (QED) is 0.365. The van der Waals surface area contributed by atoms with Crippen molar-refractivity contribution in [2.45, 2.75) is 6.29 Å². The molecule has 0 aliphatic carbocycles. The molecule has 6 nitrogen and oxygen atoms in total. The molecule has 1 aliphatic rings. The number of nitrogens with one attached hydrogen (secondary N) is 1. The van der Waals surface area contributed by atoms with E-state index in [9.17, 15) is 10.1 Å². The molecule has 0 saturated carbocycles. The van der Waals surface area contributed by atoms with E-state index in [4.69, 9.17) is 8.48 Å². The van der Waals surface area contributed by atoms with Crippen LogP contribution in [0.3, 0.4) is 0 Å². The summed E-state index contributed by atoms with van der Waals surface area (Å²) < 4.78 is 14.1. The number of rotatable bonds is 1. The van der Waals surface area contributed by atoms with Crippen molar-refractivity contribution < 1.29 is 7.66 Å². The molecular formula is C4H6N4O2. The second kappa shape index (κ2) is 2.44. The monoisotopic (exact) mass is 144 g/mol. The summed E-state index contributed by atoms with van der Waals surface area (Å²) in [6.45, 7) is 0. The van der Waals surface area contributed by atoms with Gasteiger partial charge in [-0.05, 0) is 0 Å². The molecule has 3 N–H and O–H groups in total. The van der Waals surface area contributed by atoms with E-state index in [2.05, 4.69) is 10.3 Å². The van der Waals surface area contributed by atoms with E-state index in [1.54, 1.807) is 0 Å². The summed E-state index contributed by atoms with van der Waals surface area (Å²) in [7, 11) is 0. The smallest absolute Gasteiger partial charge is 0.302 e. The molecule has 0 aromatic carbocycles. The summed E-state index contributed by atoms with van der Waals surface area (Å²) in [5.41, 5.74) is 4.53. The molecule has 0 aromatic rings. The first kappa shape index (κ1) is 4.40. The van der Waals surface area contributed by atoms with Crippen LogP contribution in [0.1, 0.15) is 2.74 Å². The fraction of sp³-hybridized carbons (Fsp3) is 0.250. The van der Waals surface area contributed by atoms with Crippen LogP contribution in [0.4, 0.5) is 0 Å². The van der Waals surface area contributed by atoms with Gasteiger partial charge in [0.25, 0.3) is 0 Å². The third kappa shape index (κ3) is 1.29. The number of aliphatic imine (C=N–C) groups is 1. The molecule has 1 unspecified atom stereocenters. The summed E-state index contributed by atoms with van der Waals surface area (Å²) in [5.74, 6) is 0. The van der Waals surface area contributed by atoms with Gasteiger partial charge >= 0.3 is 5.70 Å². The fourth-order valence-corrected chi connectivity index (χ4v) is 0.420. The number of allylic oxidation sites excluding steroid dienone is 1. The van der Waals surface area contributed by atoms with Gasteiger partial charge in [-0.15, -0.1) is 0 Å². The molecule has 1 rings (SSSR count). The van der Waals surface area contributed by atoms with Crippen LogP contribution in [0.25, 0.3) is 0 Å². The van der Waals surface area contributed by atoms with Gasteiger partial charge in [0, 0.05) is 0 Å². The third-order valence-corrected chi connectivity index (χ3v) is 0.831. The van der Waals surface area contributed by atoms with Gasteiger partial charge in [0.05, 0.1) is 13.8 Å². The molecule has 0 amide bonds. The van der Waals surface area contributed by atoms with Crippen molar-refractivity contribution in [3.8, 4) is 0 Å². The Balaban J connectivity index is 3.05. The lowest BCUT2D eigenvalue weighted by molar-refractivity contribution is -0.415. The molecule has 54 valence electrons. The van der Waals surface area contributed by atoms with Crippen LogP contribution in [-0.4, -0.2) is 17.4 Å². The van der Waals surface area contributed by atoms with E-state index in [1.807, 2.05) is 0 Å². The second-order valence-electron chi connectivity index (χ2n) is 1.56.